The molecule has 1 aliphatic heterocycles. The molecule has 0 bridgehead atoms. The van der Waals surface area contributed by atoms with Crippen molar-refractivity contribution in [3.8, 4) is 0 Å². The van der Waals surface area contributed by atoms with Gasteiger partial charge in [-0.3, -0.25) is 0 Å². The maximum atomic E-state index is 12.3. The normalized spacial score (nSPS) is 19.9. The van der Waals surface area contributed by atoms with Crippen molar-refractivity contribution in [2.45, 2.75) is 30.8 Å². The molecule has 2 aromatic carbocycles. The number of hydrogen-bond acceptors (Lipinski definition) is 3. The fraction of sp³-hybridized carbons (Fsp3) is 0.250. The summed E-state index contributed by atoms with van der Waals surface area (Å²) < 4.78 is 27.2. The second kappa shape index (κ2) is 5.16. The second-order valence-electron chi connectivity index (χ2n) is 5.52. The minimum absolute atomic E-state index is 0.292. The first-order valence-electron chi connectivity index (χ1n) is 6.95. The first-order chi connectivity index (χ1) is 9.97. The number of hydrogen-bond donors (Lipinski definition) is 2. The number of benzene rings is 2. The van der Waals surface area contributed by atoms with Crippen molar-refractivity contribution in [3.05, 3.63) is 59.7 Å². The Balaban J connectivity index is 1.95. The molecule has 2 aromatic rings. The first kappa shape index (κ1) is 14.1. The van der Waals surface area contributed by atoms with Gasteiger partial charge < -0.3 is 5.32 Å². The van der Waals surface area contributed by atoms with E-state index in [0.717, 1.165) is 5.56 Å². The lowest BCUT2D eigenvalue weighted by Gasteiger charge is -2.28. The average Bonchev–Trinajstić information content (AvgIpc) is 2.46. The van der Waals surface area contributed by atoms with Crippen LogP contribution in [-0.2, 0) is 10.0 Å². The molecule has 0 saturated carbocycles. The van der Waals surface area contributed by atoms with Gasteiger partial charge in [0.1, 0.15) is 11.1 Å². The zero-order chi connectivity index (χ0) is 15.0. The minimum atomic E-state index is -3.48. The third kappa shape index (κ3) is 2.66. The van der Waals surface area contributed by atoms with Crippen LogP contribution in [0, 0.1) is 0 Å². The largest absolute Gasteiger partial charge is 0.364 e. The molecule has 0 amide bonds. The maximum absolute atomic E-state index is 12.3. The summed E-state index contributed by atoms with van der Waals surface area (Å²) in [4.78, 5) is 0.292. The fourth-order valence-electron chi connectivity index (χ4n) is 2.45. The van der Waals surface area contributed by atoms with Crippen molar-refractivity contribution >= 4 is 15.7 Å². The highest BCUT2D eigenvalue weighted by Crippen LogP contribution is 2.31. The van der Waals surface area contributed by atoms with E-state index in [1.54, 1.807) is 18.2 Å². The molecular weight excluding hydrogens is 284 g/mol. The topological polar surface area (TPSA) is 58.2 Å². The predicted octanol–water partition coefficient (Wildman–Crippen LogP) is 3.21. The summed E-state index contributed by atoms with van der Waals surface area (Å²) in [6, 6.07) is 14.9. The number of sulfonamides is 1. The molecule has 1 unspecified atom stereocenters. The SMILES string of the molecule is CC(C)c1ccc(C2Nc3ccccc3S(=O)(=O)N2)cc1. The number of nitrogens with one attached hydrogen (secondary N) is 2. The zero-order valence-corrected chi connectivity index (χ0v) is 12.8. The van der Waals surface area contributed by atoms with Crippen LogP contribution in [-0.4, -0.2) is 8.42 Å². The van der Waals surface area contributed by atoms with E-state index >= 15 is 0 Å². The van der Waals surface area contributed by atoms with E-state index in [1.807, 2.05) is 30.3 Å². The van der Waals surface area contributed by atoms with Crippen molar-refractivity contribution in [1.29, 1.82) is 0 Å². The molecule has 0 saturated heterocycles. The Bertz CT molecular complexity index is 752. The van der Waals surface area contributed by atoms with E-state index in [2.05, 4.69) is 23.9 Å². The Morgan fingerprint density at radius 2 is 1.67 bits per heavy atom. The number of rotatable bonds is 2. The number of para-hydroxylation sites is 1. The van der Waals surface area contributed by atoms with Gasteiger partial charge in [-0.2, -0.15) is 4.72 Å². The van der Waals surface area contributed by atoms with Crippen molar-refractivity contribution in [3.63, 3.8) is 0 Å². The first-order valence-corrected chi connectivity index (χ1v) is 8.43. The third-order valence-corrected chi connectivity index (χ3v) is 5.17. The van der Waals surface area contributed by atoms with Crippen molar-refractivity contribution < 1.29 is 8.42 Å². The molecule has 0 radical (unpaired) electrons. The van der Waals surface area contributed by atoms with Crippen LogP contribution in [0.1, 0.15) is 37.1 Å². The molecule has 21 heavy (non-hydrogen) atoms. The molecule has 1 aliphatic rings. The van der Waals surface area contributed by atoms with Crippen LogP contribution in [0.2, 0.25) is 0 Å². The van der Waals surface area contributed by atoms with Gasteiger partial charge in [0.15, 0.2) is 0 Å². The minimum Gasteiger partial charge on any atom is -0.364 e. The highest BCUT2D eigenvalue weighted by molar-refractivity contribution is 7.89. The van der Waals surface area contributed by atoms with Gasteiger partial charge in [-0.05, 0) is 29.2 Å². The molecule has 0 aliphatic carbocycles. The molecule has 5 heteroatoms. The van der Waals surface area contributed by atoms with Crippen molar-refractivity contribution in [2.75, 3.05) is 5.32 Å². The fourth-order valence-corrected chi connectivity index (χ4v) is 3.76. The number of fused-ring (bicyclic) bond motifs is 1. The highest BCUT2D eigenvalue weighted by Gasteiger charge is 2.29. The van der Waals surface area contributed by atoms with Crippen LogP contribution in [0.3, 0.4) is 0 Å². The van der Waals surface area contributed by atoms with Crippen LogP contribution in [0.4, 0.5) is 5.69 Å². The lowest BCUT2D eigenvalue weighted by molar-refractivity contribution is 0.562. The zero-order valence-electron chi connectivity index (χ0n) is 12.0. The summed E-state index contributed by atoms with van der Waals surface area (Å²) in [5.41, 5.74) is 2.77. The van der Waals surface area contributed by atoms with Crippen LogP contribution in [0.25, 0.3) is 0 Å². The number of anilines is 1. The Kier molecular flexibility index (Phi) is 3.47. The van der Waals surface area contributed by atoms with E-state index < -0.39 is 16.2 Å². The van der Waals surface area contributed by atoms with Crippen molar-refractivity contribution in [1.82, 2.24) is 4.72 Å². The van der Waals surface area contributed by atoms with Crippen molar-refractivity contribution in [2.24, 2.45) is 0 Å². The van der Waals surface area contributed by atoms with E-state index in [1.165, 1.54) is 5.56 Å². The Labute approximate surface area is 125 Å². The van der Waals surface area contributed by atoms with E-state index in [0.29, 0.717) is 16.5 Å². The Hall–Kier alpha value is -1.85. The van der Waals surface area contributed by atoms with Gasteiger partial charge in [0, 0.05) is 0 Å². The molecule has 110 valence electrons. The molecule has 0 spiro atoms. The van der Waals surface area contributed by atoms with Gasteiger partial charge in [0.25, 0.3) is 0 Å². The quantitative estimate of drug-likeness (QED) is 0.895. The summed E-state index contributed by atoms with van der Waals surface area (Å²) in [6.45, 7) is 4.26. The van der Waals surface area contributed by atoms with Crippen LogP contribution >= 0.6 is 0 Å². The molecule has 0 fully saturated rings. The van der Waals surface area contributed by atoms with E-state index in [9.17, 15) is 8.42 Å². The highest BCUT2D eigenvalue weighted by atomic mass is 32.2. The Morgan fingerprint density at radius 1 is 1.00 bits per heavy atom. The van der Waals surface area contributed by atoms with Gasteiger partial charge >= 0.3 is 0 Å². The molecule has 1 atom stereocenters. The Morgan fingerprint density at radius 3 is 2.33 bits per heavy atom. The molecule has 1 heterocycles. The lowest BCUT2D eigenvalue weighted by atomic mass is 10.0. The van der Waals surface area contributed by atoms with Crippen LogP contribution in [0.15, 0.2) is 53.4 Å². The lowest BCUT2D eigenvalue weighted by Crippen LogP contribution is -2.38. The van der Waals surface area contributed by atoms with Gasteiger partial charge in [0.2, 0.25) is 10.0 Å². The van der Waals surface area contributed by atoms with E-state index in [4.69, 9.17) is 0 Å². The standard InChI is InChI=1S/C16H18N2O2S/c1-11(2)12-7-9-13(10-8-12)16-17-14-5-3-4-6-15(14)21(19,20)18-16/h3-11,16-18H,1-2H3. The summed E-state index contributed by atoms with van der Waals surface area (Å²) in [5, 5.41) is 3.23. The summed E-state index contributed by atoms with van der Waals surface area (Å²) in [7, 11) is -3.48. The summed E-state index contributed by atoms with van der Waals surface area (Å²) in [5.74, 6) is 0.454. The van der Waals surface area contributed by atoms with Gasteiger partial charge in [-0.1, -0.05) is 50.2 Å². The predicted molar refractivity (Wildman–Crippen MR) is 83.7 cm³/mol. The van der Waals surface area contributed by atoms with E-state index in [-0.39, 0.29) is 0 Å². The van der Waals surface area contributed by atoms with Crippen LogP contribution in [0.5, 0.6) is 0 Å². The molecule has 0 aromatic heterocycles. The average molecular weight is 302 g/mol. The van der Waals surface area contributed by atoms with Gasteiger partial charge in [-0.25, -0.2) is 8.42 Å². The molecule has 3 rings (SSSR count). The summed E-state index contributed by atoms with van der Waals surface area (Å²) >= 11 is 0. The molecular formula is C16H18N2O2S. The molecule has 2 N–H and O–H groups in total. The monoisotopic (exact) mass is 302 g/mol. The third-order valence-electron chi connectivity index (χ3n) is 3.69. The smallest absolute Gasteiger partial charge is 0.244 e. The molecule has 4 nitrogen and oxygen atoms in total. The second-order valence-corrected chi connectivity index (χ2v) is 7.20. The van der Waals surface area contributed by atoms with Gasteiger partial charge in [-0.15, -0.1) is 0 Å². The van der Waals surface area contributed by atoms with Gasteiger partial charge in [0.05, 0.1) is 5.69 Å². The summed E-state index contributed by atoms with van der Waals surface area (Å²) in [6.07, 6.45) is -0.439. The maximum Gasteiger partial charge on any atom is 0.244 e. The van der Waals surface area contributed by atoms with Crippen LogP contribution < -0.4 is 10.0 Å².